The van der Waals surface area contributed by atoms with Gasteiger partial charge in [-0.2, -0.15) is 0 Å². The Labute approximate surface area is 140 Å². The van der Waals surface area contributed by atoms with Gasteiger partial charge in [-0.3, -0.25) is 14.6 Å². The predicted molar refractivity (Wildman–Crippen MR) is 90.7 cm³/mol. The van der Waals surface area contributed by atoms with Gasteiger partial charge >= 0.3 is 11.4 Å². The number of benzene rings is 2. The van der Waals surface area contributed by atoms with Crippen molar-refractivity contribution in [3.63, 3.8) is 0 Å². The van der Waals surface area contributed by atoms with Crippen molar-refractivity contribution in [1.29, 1.82) is 0 Å². The van der Waals surface area contributed by atoms with Crippen LogP contribution < -0.4 is 16.7 Å². The van der Waals surface area contributed by atoms with Gasteiger partial charge in [0.2, 0.25) is 5.91 Å². The van der Waals surface area contributed by atoms with Crippen LogP contribution in [0.15, 0.2) is 50.4 Å². The van der Waals surface area contributed by atoms with Gasteiger partial charge < -0.3 is 9.73 Å². The zero-order chi connectivity index (χ0) is 17.6. The number of fused-ring (bicyclic) bond motifs is 2. The molecule has 3 aromatic rings. The first-order chi connectivity index (χ1) is 12.0. The lowest BCUT2D eigenvalue weighted by atomic mass is 9.96. The predicted octanol–water partition coefficient (Wildman–Crippen LogP) is 2.06. The number of anilines is 1. The van der Waals surface area contributed by atoms with Gasteiger partial charge in [-0.15, -0.1) is 0 Å². The Kier molecular flexibility index (Phi) is 3.35. The number of H-pyrrole nitrogens is 1. The molecule has 1 amide bonds. The number of rotatable bonds is 1. The Morgan fingerprint density at radius 2 is 1.56 bits per heavy atom. The summed E-state index contributed by atoms with van der Waals surface area (Å²) >= 11 is 0. The van der Waals surface area contributed by atoms with Gasteiger partial charge in [0.05, 0.1) is 16.6 Å². The van der Waals surface area contributed by atoms with E-state index in [1.807, 2.05) is 0 Å². The van der Waals surface area contributed by atoms with Crippen LogP contribution in [0.2, 0.25) is 0 Å². The van der Waals surface area contributed by atoms with E-state index in [4.69, 9.17) is 0 Å². The fourth-order valence-corrected chi connectivity index (χ4v) is 3.06. The van der Waals surface area contributed by atoms with E-state index in [-0.39, 0.29) is 29.9 Å². The molecule has 2 heterocycles. The maximum Gasteiger partial charge on any atom is 0.419 e. The second-order valence-corrected chi connectivity index (χ2v) is 5.73. The summed E-state index contributed by atoms with van der Waals surface area (Å²) in [6.07, 6.45) is 0.251. The van der Waals surface area contributed by atoms with Crippen molar-refractivity contribution in [2.24, 2.45) is 0 Å². The lowest BCUT2D eigenvalue weighted by Crippen LogP contribution is -2.15. The SMILES string of the molecule is O=C1CCC(=O)c2cccc(-c3cccc4c(=O)oc(=O)[nH]c34)c2N1. The number of nitrogens with one attached hydrogen (secondary N) is 2. The van der Waals surface area contributed by atoms with Crippen LogP contribution in [0.25, 0.3) is 22.0 Å². The zero-order valence-corrected chi connectivity index (χ0v) is 12.9. The van der Waals surface area contributed by atoms with Crippen LogP contribution in [0.3, 0.4) is 0 Å². The number of ketones is 1. The number of carbonyl (C=O) groups excluding carboxylic acids is 2. The number of aromatic amines is 1. The number of carbonyl (C=O) groups is 2. The van der Waals surface area contributed by atoms with Crippen LogP contribution in [0.4, 0.5) is 5.69 Å². The molecular formula is C18H12N2O5. The first-order valence-corrected chi connectivity index (χ1v) is 7.67. The van der Waals surface area contributed by atoms with Crippen molar-refractivity contribution in [2.75, 3.05) is 5.32 Å². The third-order valence-corrected chi connectivity index (χ3v) is 4.20. The molecule has 2 aromatic carbocycles. The molecule has 7 nitrogen and oxygen atoms in total. The minimum atomic E-state index is -0.868. The third-order valence-electron chi connectivity index (χ3n) is 4.20. The highest BCUT2D eigenvalue weighted by molar-refractivity contribution is 6.13. The average Bonchev–Trinajstić information content (AvgIpc) is 2.73. The van der Waals surface area contributed by atoms with Crippen LogP contribution in [0.1, 0.15) is 23.2 Å². The molecule has 124 valence electrons. The van der Waals surface area contributed by atoms with E-state index in [1.54, 1.807) is 30.3 Å². The van der Waals surface area contributed by atoms with Crippen molar-refractivity contribution in [3.8, 4) is 11.1 Å². The van der Waals surface area contributed by atoms with Crippen molar-refractivity contribution in [2.45, 2.75) is 12.8 Å². The Morgan fingerprint density at radius 1 is 0.840 bits per heavy atom. The normalized spacial score (nSPS) is 14.1. The van der Waals surface area contributed by atoms with Gasteiger partial charge in [0.1, 0.15) is 0 Å². The Balaban J connectivity index is 2.08. The molecule has 0 spiro atoms. The Morgan fingerprint density at radius 3 is 2.40 bits per heavy atom. The van der Waals surface area contributed by atoms with Gasteiger partial charge in [-0.05, 0) is 12.1 Å². The van der Waals surface area contributed by atoms with Crippen LogP contribution in [-0.2, 0) is 4.79 Å². The zero-order valence-electron chi connectivity index (χ0n) is 12.9. The molecule has 1 aromatic heterocycles. The number of aromatic nitrogens is 1. The van der Waals surface area contributed by atoms with Gasteiger partial charge in [-0.25, -0.2) is 9.59 Å². The molecule has 7 heteroatoms. The van der Waals surface area contributed by atoms with Crippen LogP contribution in [-0.4, -0.2) is 16.7 Å². The minimum Gasteiger partial charge on any atom is -0.372 e. The topological polar surface area (TPSA) is 109 Å². The van der Waals surface area contributed by atoms with E-state index in [2.05, 4.69) is 14.7 Å². The number of Topliss-reactive ketones (excluding diaryl/α,β-unsaturated/α-hetero) is 1. The van der Waals surface area contributed by atoms with Gasteiger partial charge in [0, 0.05) is 29.5 Å². The molecule has 0 bridgehead atoms. The highest BCUT2D eigenvalue weighted by atomic mass is 16.4. The van der Waals surface area contributed by atoms with Crippen molar-refractivity contribution in [1.82, 2.24) is 4.98 Å². The fourth-order valence-electron chi connectivity index (χ4n) is 3.06. The standard InChI is InChI=1S/C18H12N2O5/c21-13-7-8-14(22)19-15-9(3-1-5-11(13)15)10-4-2-6-12-16(10)20-18(24)25-17(12)23/h1-6H,7-8H2,(H,19,22)(H,20,24). The van der Waals surface area contributed by atoms with E-state index in [0.29, 0.717) is 27.9 Å². The molecule has 0 saturated carbocycles. The van der Waals surface area contributed by atoms with Crippen LogP contribution in [0.5, 0.6) is 0 Å². The summed E-state index contributed by atoms with van der Waals surface area (Å²) in [4.78, 5) is 50.3. The Hall–Kier alpha value is -3.48. The average molecular weight is 336 g/mol. The molecule has 0 unspecified atom stereocenters. The highest BCUT2D eigenvalue weighted by Gasteiger charge is 2.23. The van der Waals surface area contributed by atoms with Crippen LogP contribution in [0, 0.1) is 0 Å². The van der Waals surface area contributed by atoms with E-state index < -0.39 is 11.4 Å². The van der Waals surface area contributed by atoms with Gasteiger partial charge in [0.15, 0.2) is 5.78 Å². The second-order valence-electron chi connectivity index (χ2n) is 5.73. The first-order valence-electron chi connectivity index (χ1n) is 7.67. The first kappa shape index (κ1) is 15.1. The smallest absolute Gasteiger partial charge is 0.372 e. The summed E-state index contributed by atoms with van der Waals surface area (Å²) < 4.78 is 4.56. The number of para-hydroxylation sites is 2. The molecule has 1 aliphatic rings. The van der Waals surface area contributed by atoms with Gasteiger partial charge in [-0.1, -0.05) is 24.3 Å². The number of hydrogen-bond acceptors (Lipinski definition) is 5. The largest absolute Gasteiger partial charge is 0.419 e. The van der Waals surface area contributed by atoms with Gasteiger partial charge in [0.25, 0.3) is 0 Å². The maximum absolute atomic E-state index is 12.3. The lowest BCUT2D eigenvalue weighted by molar-refractivity contribution is -0.116. The molecule has 25 heavy (non-hydrogen) atoms. The molecule has 0 aliphatic carbocycles. The fraction of sp³-hybridized carbons (Fsp3) is 0.111. The van der Waals surface area contributed by atoms with E-state index in [1.165, 1.54) is 6.07 Å². The quantitative estimate of drug-likeness (QED) is 0.707. The second kappa shape index (κ2) is 5.55. The van der Waals surface area contributed by atoms with Crippen LogP contribution >= 0.6 is 0 Å². The minimum absolute atomic E-state index is 0.114. The lowest BCUT2D eigenvalue weighted by Gasteiger charge is -2.14. The maximum atomic E-state index is 12.3. The van der Waals surface area contributed by atoms with Crippen molar-refractivity contribution >= 4 is 28.3 Å². The van der Waals surface area contributed by atoms with Crippen molar-refractivity contribution in [3.05, 3.63) is 62.9 Å². The summed E-state index contributed by atoms with van der Waals surface area (Å²) in [5.41, 5.74) is 1.41. The summed E-state index contributed by atoms with van der Waals surface area (Å²) in [5.74, 6) is -1.26. The third kappa shape index (κ3) is 2.46. The summed E-state index contributed by atoms with van der Waals surface area (Å²) in [5, 5.41) is 2.97. The number of hydrogen-bond donors (Lipinski definition) is 2. The summed E-state index contributed by atoms with van der Waals surface area (Å²) in [7, 11) is 0. The molecule has 0 saturated heterocycles. The highest BCUT2D eigenvalue weighted by Crippen LogP contribution is 2.36. The number of amides is 1. The Bertz CT molecular complexity index is 1160. The molecule has 4 rings (SSSR count). The van der Waals surface area contributed by atoms with E-state index in [9.17, 15) is 19.2 Å². The molecule has 1 aliphatic heterocycles. The van der Waals surface area contributed by atoms with E-state index >= 15 is 0 Å². The molecule has 0 fully saturated rings. The molecular weight excluding hydrogens is 324 g/mol. The summed E-state index contributed by atoms with van der Waals surface area (Å²) in [6, 6.07) is 9.95. The summed E-state index contributed by atoms with van der Waals surface area (Å²) in [6.45, 7) is 0. The van der Waals surface area contributed by atoms with E-state index in [0.717, 1.165) is 0 Å². The molecule has 2 N–H and O–H groups in total. The van der Waals surface area contributed by atoms with Crippen molar-refractivity contribution < 1.29 is 14.0 Å². The molecule has 0 radical (unpaired) electrons. The molecule has 0 atom stereocenters. The monoisotopic (exact) mass is 336 g/mol.